The molecule has 0 spiro atoms. The number of β-amino-alcohol motifs (C(OH)–C–C–N with tert-alkyl or cyclic N) is 1. The van der Waals surface area contributed by atoms with Gasteiger partial charge in [0.2, 0.25) is 5.91 Å². The molecule has 33 heavy (non-hydrogen) atoms. The van der Waals surface area contributed by atoms with Gasteiger partial charge in [-0.3, -0.25) is 9.69 Å². The highest BCUT2D eigenvalue weighted by Gasteiger charge is 2.38. The first-order valence-electron chi connectivity index (χ1n) is 11.4. The maximum Gasteiger partial charge on any atom is 0.222 e. The number of hydrogen-bond acceptors (Lipinski definition) is 5. The normalized spacial score (nSPS) is 26.2. The summed E-state index contributed by atoms with van der Waals surface area (Å²) in [6, 6.07) is 12.6. The highest BCUT2D eigenvalue weighted by atomic mass is 19.1. The van der Waals surface area contributed by atoms with Crippen molar-refractivity contribution in [1.29, 1.82) is 0 Å². The van der Waals surface area contributed by atoms with E-state index in [9.17, 15) is 18.7 Å². The van der Waals surface area contributed by atoms with Crippen molar-refractivity contribution in [1.82, 2.24) is 10.2 Å². The standard InChI is InChI=1S/C25H30F2N2O4/c26-19-5-1-3-17(9-19)12-28-25(31)11-22-7-8-23-24(33-22)16-32-15-21(30)14-29(23)13-18-4-2-6-20(27)10-18/h1-6,9-10,21-24,30H,7-8,11-16H2,(H,28,31)/t21-,22+,23+,24-/m0/s1. The number of nitrogens with zero attached hydrogens (tertiary/aromatic N) is 1. The summed E-state index contributed by atoms with van der Waals surface area (Å²) in [5.74, 6) is -0.772. The second-order valence-corrected chi connectivity index (χ2v) is 8.80. The number of fused-ring (bicyclic) bond motifs is 1. The van der Waals surface area contributed by atoms with E-state index in [2.05, 4.69) is 10.2 Å². The van der Waals surface area contributed by atoms with Crippen molar-refractivity contribution in [2.24, 2.45) is 0 Å². The van der Waals surface area contributed by atoms with Gasteiger partial charge < -0.3 is 19.9 Å². The topological polar surface area (TPSA) is 71.0 Å². The van der Waals surface area contributed by atoms with Crippen LogP contribution in [0.4, 0.5) is 8.78 Å². The van der Waals surface area contributed by atoms with Gasteiger partial charge >= 0.3 is 0 Å². The van der Waals surface area contributed by atoms with Crippen LogP contribution in [0.25, 0.3) is 0 Å². The molecule has 1 amide bonds. The number of nitrogens with one attached hydrogen (secondary N) is 1. The van der Waals surface area contributed by atoms with E-state index in [0.717, 1.165) is 12.0 Å². The Hall–Kier alpha value is -2.39. The Morgan fingerprint density at radius 1 is 1.06 bits per heavy atom. The number of carbonyl (C=O) groups is 1. The highest BCUT2D eigenvalue weighted by molar-refractivity contribution is 5.76. The molecule has 2 N–H and O–H groups in total. The van der Waals surface area contributed by atoms with Crippen LogP contribution in [0.2, 0.25) is 0 Å². The van der Waals surface area contributed by atoms with Gasteiger partial charge in [0.25, 0.3) is 0 Å². The fourth-order valence-electron chi connectivity index (χ4n) is 4.62. The summed E-state index contributed by atoms with van der Waals surface area (Å²) in [7, 11) is 0. The Labute approximate surface area is 192 Å². The minimum Gasteiger partial charge on any atom is -0.389 e. The number of rotatable bonds is 6. The molecule has 2 saturated heterocycles. The van der Waals surface area contributed by atoms with Gasteiger partial charge in [0.05, 0.1) is 37.9 Å². The lowest BCUT2D eigenvalue weighted by Crippen LogP contribution is -2.55. The fourth-order valence-corrected chi connectivity index (χ4v) is 4.62. The van der Waals surface area contributed by atoms with Crippen LogP contribution in [0.5, 0.6) is 0 Å². The zero-order chi connectivity index (χ0) is 23.2. The summed E-state index contributed by atoms with van der Waals surface area (Å²) in [5, 5.41) is 13.1. The molecule has 2 fully saturated rings. The number of amides is 1. The van der Waals surface area contributed by atoms with Crippen LogP contribution in [0.15, 0.2) is 48.5 Å². The zero-order valence-electron chi connectivity index (χ0n) is 18.5. The van der Waals surface area contributed by atoms with E-state index in [1.807, 2.05) is 6.07 Å². The van der Waals surface area contributed by atoms with Crippen molar-refractivity contribution in [3.63, 3.8) is 0 Å². The average Bonchev–Trinajstić information content (AvgIpc) is 2.77. The minimum absolute atomic E-state index is 0.00479. The van der Waals surface area contributed by atoms with E-state index in [0.29, 0.717) is 31.7 Å². The Morgan fingerprint density at radius 2 is 1.79 bits per heavy atom. The van der Waals surface area contributed by atoms with Crippen molar-refractivity contribution in [2.45, 2.75) is 56.7 Å². The average molecular weight is 461 g/mol. The second-order valence-electron chi connectivity index (χ2n) is 8.80. The van der Waals surface area contributed by atoms with Crippen LogP contribution in [0, 0.1) is 11.6 Å². The molecule has 4 rings (SSSR count). The molecule has 0 saturated carbocycles. The highest BCUT2D eigenvalue weighted by Crippen LogP contribution is 2.29. The lowest BCUT2D eigenvalue weighted by molar-refractivity contribution is -0.158. The van der Waals surface area contributed by atoms with E-state index in [4.69, 9.17) is 9.47 Å². The number of benzene rings is 2. The molecule has 4 atom stereocenters. The quantitative estimate of drug-likeness (QED) is 0.694. The smallest absolute Gasteiger partial charge is 0.222 e. The molecule has 0 aliphatic carbocycles. The van der Waals surface area contributed by atoms with Crippen LogP contribution >= 0.6 is 0 Å². The molecule has 2 heterocycles. The van der Waals surface area contributed by atoms with Gasteiger partial charge in [-0.1, -0.05) is 24.3 Å². The first-order chi connectivity index (χ1) is 16.0. The lowest BCUT2D eigenvalue weighted by atomic mass is 9.94. The largest absolute Gasteiger partial charge is 0.389 e. The van der Waals surface area contributed by atoms with Crippen molar-refractivity contribution in [2.75, 3.05) is 19.8 Å². The van der Waals surface area contributed by atoms with Gasteiger partial charge in [0.1, 0.15) is 11.6 Å². The van der Waals surface area contributed by atoms with Crippen molar-refractivity contribution < 1.29 is 28.2 Å². The summed E-state index contributed by atoms with van der Waals surface area (Å²) >= 11 is 0. The number of aliphatic hydroxyl groups is 1. The molecule has 0 aromatic heterocycles. The van der Waals surface area contributed by atoms with Crippen LogP contribution in [-0.4, -0.2) is 60.0 Å². The van der Waals surface area contributed by atoms with E-state index in [1.165, 1.54) is 24.3 Å². The molecule has 6 nitrogen and oxygen atoms in total. The third-order valence-corrected chi connectivity index (χ3v) is 6.15. The molecular weight excluding hydrogens is 430 g/mol. The number of hydrogen-bond donors (Lipinski definition) is 2. The summed E-state index contributed by atoms with van der Waals surface area (Å²) in [6.07, 6.45) is 0.544. The monoisotopic (exact) mass is 460 g/mol. The third-order valence-electron chi connectivity index (χ3n) is 6.15. The van der Waals surface area contributed by atoms with Gasteiger partial charge in [-0.2, -0.15) is 0 Å². The van der Waals surface area contributed by atoms with E-state index >= 15 is 0 Å². The van der Waals surface area contributed by atoms with Crippen molar-refractivity contribution in [3.05, 3.63) is 71.3 Å². The summed E-state index contributed by atoms with van der Waals surface area (Å²) < 4.78 is 38.9. The summed E-state index contributed by atoms with van der Waals surface area (Å²) in [4.78, 5) is 14.6. The molecular formula is C25H30F2N2O4. The van der Waals surface area contributed by atoms with Crippen molar-refractivity contribution in [3.8, 4) is 0 Å². The number of halogens is 2. The Bertz CT molecular complexity index is 944. The van der Waals surface area contributed by atoms with E-state index in [-0.39, 0.29) is 55.4 Å². The van der Waals surface area contributed by atoms with Gasteiger partial charge in [-0.25, -0.2) is 8.78 Å². The summed E-state index contributed by atoms with van der Waals surface area (Å²) in [5.41, 5.74) is 1.54. The Morgan fingerprint density at radius 3 is 2.55 bits per heavy atom. The molecule has 0 unspecified atom stereocenters. The summed E-state index contributed by atoms with van der Waals surface area (Å²) in [6.45, 7) is 1.68. The predicted octanol–water partition coefficient (Wildman–Crippen LogP) is 2.78. The van der Waals surface area contributed by atoms with Gasteiger partial charge in [-0.05, 0) is 48.2 Å². The Balaban J connectivity index is 1.34. The molecule has 2 aromatic carbocycles. The zero-order valence-corrected chi connectivity index (χ0v) is 18.5. The van der Waals surface area contributed by atoms with E-state index < -0.39 is 6.10 Å². The van der Waals surface area contributed by atoms with Crippen LogP contribution in [-0.2, 0) is 27.4 Å². The third kappa shape index (κ3) is 6.80. The molecule has 0 bridgehead atoms. The second kappa shape index (κ2) is 11.2. The van der Waals surface area contributed by atoms with Gasteiger partial charge in [-0.15, -0.1) is 0 Å². The SMILES string of the molecule is O=C(C[C@H]1CC[C@@H]2[C@H](COC[C@@H](O)CN2Cc2cccc(F)c2)O1)NCc1cccc(F)c1. The van der Waals surface area contributed by atoms with Crippen LogP contribution in [0.3, 0.4) is 0 Å². The van der Waals surface area contributed by atoms with Crippen LogP contribution < -0.4 is 5.32 Å². The first-order valence-corrected chi connectivity index (χ1v) is 11.4. The molecule has 2 aliphatic heterocycles. The van der Waals surface area contributed by atoms with Gasteiger partial charge in [0.15, 0.2) is 0 Å². The molecule has 2 aromatic rings. The molecule has 8 heteroatoms. The number of ether oxygens (including phenoxy) is 2. The van der Waals surface area contributed by atoms with Gasteiger partial charge in [0, 0.05) is 25.7 Å². The molecule has 178 valence electrons. The number of carbonyl (C=O) groups excluding carboxylic acids is 1. The van der Waals surface area contributed by atoms with Crippen molar-refractivity contribution >= 4 is 5.91 Å². The molecule has 0 radical (unpaired) electrons. The Kier molecular flexibility index (Phi) is 8.03. The maximum atomic E-state index is 13.7. The van der Waals surface area contributed by atoms with Crippen LogP contribution in [0.1, 0.15) is 30.4 Å². The minimum atomic E-state index is -0.633. The predicted molar refractivity (Wildman–Crippen MR) is 118 cm³/mol. The molecule has 2 aliphatic rings. The first kappa shape index (κ1) is 23.8. The lowest BCUT2D eigenvalue weighted by Gasteiger charge is -2.44. The number of aliphatic hydroxyl groups excluding tert-OH is 1. The fraction of sp³-hybridized carbons (Fsp3) is 0.480. The maximum absolute atomic E-state index is 13.7. The van der Waals surface area contributed by atoms with E-state index in [1.54, 1.807) is 18.2 Å².